The van der Waals surface area contributed by atoms with E-state index in [0.29, 0.717) is 0 Å². The Hall–Kier alpha value is -2.25. The summed E-state index contributed by atoms with van der Waals surface area (Å²) in [5.74, 6) is 0. The Balaban J connectivity index is 3.22. The SMILES string of the molecule is O=[N+]([O-])N(c1ccccc1CF)[N+](=O)[O-]. The summed E-state index contributed by atoms with van der Waals surface area (Å²) in [4.78, 5) is 20.8. The topological polar surface area (TPSA) is 89.5 Å². The molecule has 0 saturated carbocycles. The molecule has 1 aromatic carbocycles. The normalized spacial score (nSPS) is 9.67. The zero-order chi connectivity index (χ0) is 11.4. The van der Waals surface area contributed by atoms with Gasteiger partial charge in [0.15, 0.2) is 10.8 Å². The molecule has 1 rings (SSSR count). The van der Waals surface area contributed by atoms with Crippen LogP contribution in [0.4, 0.5) is 10.1 Å². The third-order valence-corrected chi connectivity index (χ3v) is 1.66. The molecule has 0 radical (unpaired) electrons. The number of hydrogen-bond acceptors (Lipinski definition) is 4. The smallest absolute Gasteiger partial charge is 0.228 e. The zero-order valence-electron chi connectivity index (χ0n) is 7.37. The Morgan fingerprint density at radius 1 is 1.20 bits per heavy atom. The zero-order valence-corrected chi connectivity index (χ0v) is 7.37. The quantitative estimate of drug-likeness (QED) is 0.558. The molecule has 1 aromatic rings. The van der Waals surface area contributed by atoms with Gasteiger partial charge in [-0.05, 0) is 6.07 Å². The molecule has 0 saturated heterocycles. The van der Waals surface area contributed by atoms with Gasteiger partial charge in [0.1, 0.15) is 6.67 Å². The van der Waals surface area contributed by atoms with Crippen molar-refractivity contribution in [3.05, 3.63) is 50.1 Å². The second kappa shape index (κ2) is 4.31. The predicted octanol–water partition coefficient (Wildman–Crippen LogP) is 1.35. The van der Waals surface area contributed by atoms with Crippen molar-refractivity contribution in [3.63, 3.8) is 0 Å². The number of hydrogen-bond donors (Lipinski definition) is 0. The molecule has 80 valence electrons. The number of halogens is 1. The van der Waals surface area contributed by atoms with Gasteiger partial charge < -0.3 is 0 Å². The summed E-state index contributed by atoms with van der Waals surface area (Å²) < 4.78 is 12.4. The highest BCUT2D eigenvalue weighted by Gasteiger charge is 2.32. The van der Waals surface area contributed by atoms with Crippen LogP contribution in [0.1, 0.15) is 5.56 Å². The second-order valence-electron chi connectivity index (χ2n) is 2.53. The number of alkyl halides is 1. The predicted molar refractivity (Wildman–Crippen MR) is 47.7 cm³/mol. The lowest BCUT2D eigenvalue weighted by Crippen LogP contribution is -2.36. The van der Waals surface area contributed by atoms with Gasteiger partial charge >= 0.3 is 0 Å². The highest BCUT2D eigenvalue weighted by atomic mass is 19.1. The molecule has 0 atom stereocenters. The first kappa shape index (κ1) is 10.8. The molecule has 0 fully saturated rings. The van der Waals surface area contributed by atoms with E-state index >= 15 is 0 Å². The molecule has 0 aliphatic heterocycles. The van der Waals surface area contributed by atoms with E-state index in [1.807, 2.05) is 0 Å². The van der Waals surface area contributed by atoms with Crippen LogP contribution in [0, 0.1) is 20.2 Å². The lowest BCUT2D eigenvalue weighted by molar-refractivity contribution is -0.712. The van der Waals surface area contributed by atoms with E-state index in [1.165, 1.54) is 18.2 Å². The number of nitro groups is 2. The Morgan fingerprint density at radius 3 is 2.20 bits per heavy atom. The second-order valence-corrected chi connectivity index (χ2v) is 2.53. The van der Waals surface area contributed by atoms with Crippen LogP contribution in [-0.4, -0.2) is 10.1 Å². The van der Waals surface area contributed by atoms with Gasteiger partial charge in [-0.2, -0.15) is 0 Å². The molecule has 0 heterocycles. The largest absolute Gasteiger partial charge is 0.246 e. The molecular formula is C7H6FN3O4. The molecule has 0 spiro atoms. The van der Waals surface area contributed by atoms with Gasteiger partial charge in [0.2, 0.25) is 10.1 Å². The van der Waals surface area contributed by atoms with Crippen LogP contribution < -0.4 is 5.12 Å². The van der Waals surface area contributed by atoms with Gasteiger partial charge in [-0.3, -0.25) is 0 Å². The fourth-order valence-corrected chi connectivity index (χ4v) is 1.05. The number of para-hydroxylation sites is 1. The number of rotatable bonds is 4. The average Bonchev–Trinajstić information content (AvgIpc) is 2.17. The summed E-state index contributed by atoms with van der Waals surface area (Å²) in [7, 11) is 0. The summed E-state index contributed by atoms with van der Waals surface area (Å²) in [5, 5.41) is 18.0. The highest BCUT2D eigenvalue weighted by molar-refractivity contribution is 5.49. The van der Waals surface area contributed by atoms with E-state index < -0.39 is 16.7 Å². The Kier molecular flexibility index (Phi) is 3.11. The van der Waals surface area contributed by atoms with E-state index in [0.717, 1.165) is 6.07 Å². The Labute approximate surface area is 83.0 Å². The summed E-state index contributed by atoms with van der Waals surface area (Å²) in [6, 6.07) is 5.15. The van der Waals surface area contributed by atoms with Crippen molar-refractivity contribution in [1.82, 2.24) is 0 Å². The molecule has 0 aliphatic carbocycles. The van der Waals surface area contributed by atoms with Crippen LogP contribution in [0.2, 0.25) is 0 Å². The van der Waals surface area contributed by atoms with E-state index in [1.54, 1.807) is 0 Å². The van der Waals surface area contributed by atoms with Crippen LogP contribution in [-0.2, 0) is 6.67 Å². The fourth-order valence-electron chi connectivity index (χ4n) is 1.05. The van der Waals surface area contributed by atoms with Gasteiger partial charge in [-0.25, -0.2) is 24.6 Å². The number of nitrogens with zero attached hydrogens (tertiary/aromatic N) is 3. The molecule has 0 bridgehead atoms. The number of benzene rings is 1. The molecule has 0 aliphatic rings. The first-order valence-corrected chi connectivity index (χ1v) is 3.80. The van der Waals surface area contributed by atoms with Gasteiger partial charge in [0.05, 0.1) is 0 Å². The highest BCUT2D eigenvalue weighted by Crippen LogP contribution is 2.21. The molecule has 8 heteroatoms. The molecule has 15 heavy (non-hydrogen) atoms. The summed E-state index contributed by atoms with van der Waals surface area (Å²) >= 11 is 0. The van der Waals surface area contributed by atoms with Crippen molar-refractivity contribution in [2.75, 3.05) is 5.12 Å². The van der Waals surface area contributed by atoms with Crippen molar-refractivity contribution in [3.8, 4) is 0 Å². The van der Waals surface area contributed by atoms with Crippen molar-refractivity contribution >= 4 is 5.69 Å². The van der Waals surface area contributed by atoms with Crippen molar-refractivity contribution < 1.29 is 14.5 Å². The summed E-state index contributed by atoms with van der Waals surface area (Å²) in [5.41, 5.74) is -0.485. The molecular weight excluding hydrogens is 209 g/mol. The van der Waals surface area contributed by atoms with Crippen LogP contribution in [0.3, 0.4) is 0 Å². The van der Waals surface area contributed by atoms with E-state index in [9.17, 15) is 24.6 Å². The third kappa shape index (κ3) is 2.16. The first-order chi connectivity index (χ1) is 7.07. The summed E-state index contributed by atoms with van der Waals surface area (Å²) in [6.07, 6.45) is 0. The van der Waals surface area contributed by atoms with Crippen LogP contribution in [0.15, 0.2) is 24.3 Å². The minimum atomic E-state index is -1.21. The lowest BCUT2D eigenvalue weighted by atomic mass is 10.2. The van der Waals surface area contributed by atoms with Gasteiger partial charge in [-0.15, -0.1) is 0 Å². The van der Waals surface area contributed by atoms with Gasteiger partial charge in [0.25, 0.3) is 0 Å². The van der Waals surface area contributed by atoms with Crippen molar-refractivity contribution in [1.29, 1.82) is 0 Å². The summed E-state index contributed by atoms with van der Waals surface area (Å²) in [6.45, 7) is -1.01. The lowest BCUT2D eigenvalue weighted by Gasteiger charge is -2.06. The molecule has 0 N–H and O–H groups in total. The Morgan fingerprint density at radius 2 is 1.73 bits per heavy atom. The minimum absolute atomic E-state index is 0.106. The standard InChI is InChI=1S/C7H6FN3O4/c8-5-6-3-1-2-4-7(6)9(10(12)13)11(14)15/h1-4H,5H2. The van der Waals surface area contributed by atoms with E-state index in [4.69, 9.17) is 0 Å². The minimum Gasteiger partial charge on any atom is -0.246 e. The van der Waals surface area contributed by atoms with Crippen LogP contribution in [0.5, 0.6) is 0 Å². The maximum Gasteiger partial charge on any atom is 0.228 e. The maximum absolute atomic E-state index is 12.4. The molecule has 0 unspecified atom stereocenters. The van der Waals surface area contributed by atoms with E-state index in [-0.39, 0.29) is 16.4 Å². The monoisotopic (exact) mass is 215 g/mol. The first-order valence-electron chi connectivity index (χ1n) is 3.80. The molecule has 7 nitrogen and oxygen atoms in total. The van der Waals surface area contributed by atoms with Crippen LogP contribution >= 0.6 is 0 Å². The van der Waals surface area contributed by atoms with Gasteiger partial charge in [-0.1, -0.05) is 18.2 Å². The van der Waals surface area contributed by atoms with E-state index in [2.05, 4.69) is 0 Å². The average molecular weight is 215 g/mol. The van der Waals surface area contributed by atoms with Crippen molar-refractivity contribution in [2.45, 2.75) is 6.67 Å². The third-order valence-electron chi connectivity index (χ3n) is 1.66. The van der Waals surface area contributed by atoms with Crippen molar-refractivity contribution in [2.24, 2.45) is 0 Å². The fraction of sp³-hybridized carbons (Fsp3) is 0.143. The number of anilines is 1. The Bertz CT molecular complexity index is 384. The van der Waals surface area contributed by atoms with Crippen LogP contribution in [0.25, 0.3) is 0 Å². The molecule has 0 aromatic heterocycles. The van der Waals surface area contributed by atoms with Gasteiger partial charge in [0, 0.05) is 5.56 Å². The number of hydrazine groups is 2. The molecule has 0 amide bonds. The maximum atomic E-state index is 12.4.